The van der Waals surface area contributed by atoms with Crippen LogP contribution in [0.4, 0.5) is 0 Å². The van der Waals surface area contributed by atoms with Gasteiger partial charge in [-0.1, -0.05) is 0 Å². The maximum atomic E-state index is 12.6. The molecular formula is C23H27N5O2. The quantitative estimate of drug-likeness (QED) is 0.784. The fourth-order valence-corrected chi connectivity index (χ4v) is 4.63. The highest BCUT2D eigenvalue weighted by atomic mass is 16.2. The van der Waals surface area contributed by atoms with Gasteiger partial charge >= 0.3 is 0 Å². The first kappa shape index (κ1) is 19.2. The van der Waals surface area contributed by atoms with Crippen molar-refractivity contribution in [3.63, 3.8) is 0 Å². The molecule has 1 saturated carbocycles. The minimum absolute atomic E-state index is 0.0742. The molecule has 7 nitrogen and oxygen atoms in total. The summed E-state index contributed by atoms with van der Waals surface area (Å²) >= 11 is 0. The molecule has 30 heavy (non-hydrogen) atoms. The van der Waals surface area contributed by atoms with Gasteiger partial charge in [-0.15, -0.1) is 0 Å². The summed E-state index contributed by atoms with van der Waals surface area (Å²) in [6, 6.07) is 3.96. The Labute approximate surface area is 176 Å². The number of fused-ring (bicyclic) bond motifs is 1. The van der Waals surface area contributed by atoms with Crippen molar-refractivity contribution in [1.29, 1.82) is 0 Å². The van der Waals surface area contributed by atoms with Gasteiger partial charge in [-0.3, -0.25) is 14.6 Å². The number of carbonyl (C=O) groups is 2. The second kappa shape index (κ2) is 7.78. The van der Waals surface area contributed by atoms with Crippen LogP contribution in [0.25, 0.3) is 11.3 Å². The molecule has 0 N–H and O–H groups in total. The predicted octanol–water partition coefficient (Wildman–Crippen LogP) is 2.56. The van der Waals surface area contributed by atoms with E-state index in [1.54, 1.807) is 19.3 Å². The van der Waals surface area contributed by atoms with E-state index in [0.29, 0.717) is 25.5 Å². The number of hydrogen-bond donors (Lipinski definition) is 0. The molecule has 0 aromatic carbocycles. The molecule has 2 aromatic rings. The molecule has 0 spiro atoms. The summed E-state index contributed by atoms with van der Waals surface area (Å²) in [4.78, 5) is 42.6. The Kier molecular flexibility index (Phi) is 4.97. The molecule has 2 fully saturated rings. The third kappa shape index (κ3) is 3.68. The number of carbonyl (C=O) groups excluding carboxylic acids is 2. The molecule has 156 valence electrons. The van der Waals surface area contributed by atoms with Gasteiger partial charge in [-0.05, 0) is 44.2 Å². The lowest BCUT2D eigenvalue weighted by Crippen LogP contribution is -2.41. The first-order chi connectivity index (χ1) is 14.6. The Morgan fingerprint density at radius 2 is 1.83 bits per heavy atom. The van der Waals surface area contributed by atoms with E-state index >= 15 is 0 Å². The van der Waals surface area contributed by atoms with Crippen LogP contribution >= 0.6 is 0 Å². The molecule has 1 atom stereocenters. The second-order valence-electron chi connectivity index (χ2n) is 8.68. The van der Waals surface area contributed by atoms with Gasteiger partial charge in [0.15, 0.2) is 0 Å². The standard InChI is InChI=1S/C23H27N5O2/c1-15(29)27-12-8-19-20(14-27)25-22(26-21(19)16-6-9-24-10-7-16)18-3-2-11-28(13-18)23(30)17-4-5-17/h6-7,9-10,17-18H,2-5,8,11-14H2,1H3/t18-/m0/s1. The molecule has 5 rings (SSSR count). The fraction of sp³-hybridized carbons (Fsp3) is 0.522. The molecule has 2 aliphatic heterocycles. The van der Waals surface area contributed by atoms with Crippen LogP contribution in [0.5, 0.6) is 0 Å². The Morgan fingerprint density at radius 3 is 2.57 bits per heavy atom. The van der Waals surface area contributed by atoms with E-state index in [-0.39, 0.29) is 17.7 Å². The summed E-state index contributed by atoms with van der Waals surface area (Å²) in [6.45, 7) is 4.36. The van der Waals surface area contributed by atoms with Crippen molar-refractivity contribution in [3.05, 3.63) is 41.6 Å². The normalized spacial score (nSPS) is 21.3. The van der Waals surface area contributed by atoms with Crippen molar-refractivity contribution in [3.8, 4) is 11.3 Å². The zero-order valence-corrected chi connectivity index (χ0v) is 17.4. The molecule has 1 aliphatic carbocycles. The van der Waals surface area contributed by atoms with Gasteiger partial charge in [-0.25, -0.2) is 9.97 Å². The number of nitrogens with zero attached hydrogens (tertiary/aromatic N) is 5. The lowest BCUT2D eigenvalue weighted by Gasteiger charge is -2.34. The lowest BCUT2D eigenvalue weighted by atomic mass is 9.94. The van der Waals surface area contributed by atoms with E-state index in [4.69, 9.17) is 9.97 Å². The van der Waals surface area contributed by atoms with Crippen molar-refractivity contribution in [1.82, 2.24) is 24.8 Å². The van der Waals surface area contributed by atoms with Crippen molar-refractivity contribution in [2.75, 3.05) is 19.6 Å². The van der Waals surface area contributed by atoms with Crippen molar-refractivity contribution in [2.24, 2.45) is 5.92 Å². The first-order valence-corrected chi connectivity index (χ1v) is 10.9. The first-order valence-electron chi connectivity index (χ1n) is 10.9. The summed E-state index contributed by atoms with van der Waals surface area (Å²) in [6.07, 6.45) is 8.34. The van der Waals surface area contributed by atoms with Crippen LogP contribution in [0.15, 0.2) is 24.5 Å². The molecule has 0 unspecified atom stereocenters. The average Bonchev–Trinajstić information content (AvgIpc) is 3.63. The summed E-state index contributed by atoms with van der Waals surface area (Å²) in [5.74, 6) is 1.56. The van der Waals surface area contributed by atoms with Gasteiger partial charge in [0.05, 0.1) is 17.9 Å². The summed E-state index contributed by atoms with van der Waals surface area (Å²) < 4.78 is 0. The minimum Gasteiger partial charge on any atom is -0.342 e. The lowest BCUT2D eigenvalue weighted by molar-refractivity contribution is -0.134. The molecule has 3 aliphatic rings. The van der Waals surface area contributed by atoms with Gasteiger partial charge in [-0.2, -0.15) is 0 Å². The molecule has 7 heteroatoms. The van der Waals surface area contributed by atoms with Crippen LogP contribution in [0.3, 0.4) is 0 Å². The zero-order valence-electron chi connectivity index (χ0n) is 17.4. The van der Waals surface area contributed by atoms with Gasteiger partial charge in [0.25, 0.3) is 0 Å². The van der Waals surface area contributed by atoms with E-state index in [1.165, 1.54) is 0 Å². The van der Waals surface area contributed by atoms with E-state index in [9.17, 15) is 9.59 Å². The Balaban J connectivity index is 1.51. The SMILES string of the molecule is CC(=O)N1CCc2c(nc([C@H]3CCCN(C(=O)C4CC4)C3)nc2-c2ccncc2)C1. The average molecular weight is 406 g/mol. The number of aromatic nitrogens is 3. The van der Waals surface area contributed by atoms with E-state index in [0.717, 1.165) is 67.0 Å². The van der Waals surface area contributed by atoms with Crippen LogP contribution in [0.2, 0.25) is 0 Å². The van der Waals surface area contributed by atoms with Gasteiger partial charge in [0, 0.05) is 61.9 Å². The smallest absolute Gasteiger partial charge is 0.225 e. The molecule has 4 heterocycles. The zero-order chi connectivity index (χ0) is 20.7. The highest BCUT2D eigenvalue weighted by Gasteiger charge is 2.36. The summed E-state index contributed by atoms with van der Waals surface area (Å²) in [5, 5.41) is 0. The molecule has 1 saturated heterocycles. The predicted molar refractivity (Wildman–Crippen MR) is 111 cm³/mol. The summed E-state index contributed by atoms with van der Waals surface area (Å²) in [7, 11) is 0. The maximum absolute atomic E-state index is 12.6. The van der Waals surface area contributed by atoms with Crippen molar-refractivity contribution < 1.29 is 9.59 Å². The largest absolute Gasteiger partial charge is 0.342 e. The van der Waals surface area contributed by atoms with Crippen LogP contribution in [-0.2, 0) is 22.6 Å². The van der Waals surface area contributed by atoms with Gasteiger partial charge in [0.2, 0.25) is 11.8 Å². The number of rotatable bonds is 3. The minimum atomic E-state index is 0.0742. The number of pyridine rings is 1. The Morgan fingerprint density at radius 1 is 1.03 bits per heavy atom. The summed E-state index contributed by atoms with van der Waals surface area (Å²) in [5.41, 5.74) is 4.05. The Bertz CT molecular complexity index is 973. The number of hydrogen-bond acceptors (Lipinski definition) is 5. The Hall–Kier alpha value is -2.83. The fourth-order valence-electron chi connectivity index (χ4n) is 4.63. The molecule has 2 amide bonds. The monoisotopic (exact) mass is 405 g/mol. The maximum Gasteiger partial charge on any atom is 0.225 e. The van der Waals surface area contributed by atoms with Crippen LogP contribution in [0, 0.1) is 5.92 Å². The highest BCUT2D eigenvalue weighted by molar-refractivity contribution is 5.81. The number of amides is 2. The van der Waals surface area contributed by atoms with E-state index in [1.807, 2.05) is 21.9 Å². The van der Waals surface area contributed by atoms with Crippen LogP contribution < -0.4 is 0 Å². The molecule has 2 aromatic heterocycles. The second-order valence-corrected chi connectivity index (χ2v) is 8.68. The molecule has 0 bridgehead atoms. The topological polar surface area (TPSA) is 79.3 Å². The number of likely N-dealkylation sites (tertiary alicyclic amines) is 1. The van der Waals surface area contributed by atoms with Crippen LogP contribution in [0.1, 0.15) is 55.6 Å². The van der Waals surface area contributed by atoms with Crippen molar-refractivity contribution >= 4 is 11.8 Å². The van der Waals surface area contributed by atoms with Gasteiger partial charge in [0.1, 0.15) is 5.82 Å². The molecular weight excluding hydrogens is 378 g/mol. The molecule has 0 radical (unpaired) electrons. The van der Waals surface area contributed by atoms with Gasteiger partial charge < -0.3 is 9.80 Å². The third-order valence-electron chi connectivity index (χ3n) is 6.51. The number of piperidine rings is 1. The van der Waals surface area contributed by atoms with E-state index in [2.05, 4.69) is 4.98 Å². The van der Waals surface area contributed by atoms with Crippen molar-refractivity contribution in [2.45, 2.75) is 51.5 Å². The highest BCUT2D eigenvalue weighted by Crippen LogP contribution is 2.35. The van der Waals surface area contributed by atoms with Crippen LogP contribution in [-0.4, -0.2) is 56.2 Å². The van der Waals surface area contributed by atoms with E-state index < -0.39 is 0 Å². The third-order valence-corrected chi connectivity index (χ3v) is 6.51.